The van der Waals surface area contributed by atoms with E-state index in [0.717, 1.165) is 27.7 Å². The van der Waals surface area contributed by atoms with Crippen LogP contribution >= 0.6 is 0 Å². The van der Waals surface area contributed by atoms with Gasteiger partial charge in [-0.1, -0.05) is 6.07 Å². The molecule has 0 unspecified atom stereocenters. The summed E-state index contributed by atoms with van der Waals surface area (Å²) in [6, 6.07) is 9.66. The summed E-state index contributed by atoms with van der Waals surface area (Å²) < 4.78 is 0. The van der Waals surface area contributed by atoms with Gasteiger partial charge in [0, 0.05) is 23.5 Å². The van der Waals surface area contributed by atoms with Gasteiger partial charge in [0.2, 0.25) is 0 Å². The maximum atomic E-state index is 12.5. The molecule has 0 atom stereocenters. The fraction of sp³-hybridized carbons (Fsp3) is 0.167. The first kappa shape index (κ1) is 14.2. The lowest BCUT2D eigenvalue weighted by Gasteiger charge is -2.10. The summed E-state index contributed by atoms with van der Waals surface area (Å²) in [6.45, 7) is 5.87. The zero-order valence-electron chi connectivity index (χ0n) is 12.8. The molecule has 0 saturated heterocycles. The third-order valence-electron chi connectivity index (χ3n) is 3.53. The molecule has 1 aromatic carbocycles. The Hall–Kier alpha value is -2.75. The highest BCUT2D eigenvalue weighted by molar-refractivity contribution is 6.06. The second-order valence-electron chi connectivity index (χ2n) is 5.52. The van der Waals surface area contributed by atoms with E-state index in [1.807, 2.05) is 45.0 Å². The molecule has 1 amide bonds. The fourth-order valence-electron chi connectivity index (χ4n) is 2.59. The molecule has 0 spiro atoms. The summed E-state index contributed by atoms with van der Waals surface area (Å²) in [4.78, 5) is 21.1. The molecular formula is C18H17N3O. The van der Waals surface area contributed by atoms with E-state index in [1.165, 1.54) is 0 Å². The number of benzene rings is 1. The monoisotopic (exact) mass is 291 g/mol. The van der Waals surface area contributed by atoms with E-state index in [2.05, 4.69) is 21.4 Å². The lowest BCUT2D eigenvalue weighted by molar-refractivity contribution is 0.102. The summed E-state index contributed by atoms with van der Waals surface area (Å²) in [5.41, 5.74) is 5.16. The fourth-order valence-corrected chi connectivity index (χ4v) is 2.59. The number of carbonyl (C=O) groups excluding carboxylic acids is 1. The van der Waals surface area contributed by atoms with Crippen molar-refractivity contribution in [3.63, 3.8) is 0 Å². The number of aryl methyl sites for hydroxylation is 3. The Morgan fingerprint density at radius 2 is 1.77 bits per heavy atom. The third kappa shape index (κ3) is 2.81. The minimum atomic E-state index is -0.152. The summed E-state index contributed by atoms with van der Waals surface area (Å²) in [5, 5.41) is 3.81. The zero-order valence-corrected chi connectivity index (χ0v) is 12.8. The second kappa shape index (κ2) is 5.56. The Labute approximate surface area is 129 Å². The van der Waals surface area contributed by atoms with Crippen molar-refractivity contribution in [2.45, 2.75) is 20.8 Å². The van der Waals surface area contributed by atoms with Crippen molar-refractivity contribution in [2.75, 3.05) is 5.32 Å². The van der Waals surface area contributed by atoms with E-state index in [0.29, 0.717) is 11.3 Å². The second-order valence-corrected chi connectivity index (χ2v) is 5.52. The molecule has 110 valence electrons. The van der Waals surface area contributed by atoms with Gasteiger partial charge in [0.1, 0.15) is 0 Å². The molecule has 0 bridgehead atoms. The molecule has 0 fully saturated rings. The average Bonchev–Trinajstić information content (AvgIpc) is 2.45. The highest BCUT2D eigenvalue weighted by Gasteiger charge is 2.12. The Bertz CT molecular complexity index is 851. The van der Waals surface area contributed by atoms with E-state index in [1.54, 1.807) is 12.4 Å². The van der Waals surface area contributed by atoms with Crippen molar-refractivity contribution in [2.24, 2.45) is 0 Å². The van der Waals surface area contributed by atoms with Crippen LogP contribution in [0.3, 0.4) is 0 Å². The molecule has 0 aliphatic carbocycles. The van der Waals surface area contributed by atoms with Crippen molar-refractivity contribution in [3.05, 3.63) is 65.1 Å². The maximum Gasteiger partial charge on any atom is 0.257 e. The van der Waals surface area contributed by atoms with Crippen LogP contribution in [0.15, 0.2) is 42.7 Å². The SMILES string of the molecule is Cc1cc(C)cc(NC(=O)c2cc3cnccc3nc2C)c1. The number of hydrogen-bond donors (Lipinski definition) is 1. The average molecular weight is 291 g/mol. The van der Waals surface area contributed by atoms with Gasteiger partial charge in [0.05, 0.1) is 16.8 Å². The van der Waals surface area contributed by atoms with Crippen LogP contribution in [0.25, 0.3) is 10.9 Å². The molecule has 0 aliphatic rings. The predicted molar refractivity (Wildman–Crippen MR) is 88.1 cm³/mol. The number of nitrogens with one attached hydrogen (secondary N) is 1. The van der Waals surface area contributed by atoms with Crippen LogP contribution < -0.4 is 5.32 Å². The first-order valence-corrected chi connectivity index (χ1v) is 7.14. The van der Waals surface area contributed by atoms with Gasteiger partial charge in [0.25, 0.3) is 5.91 Å². The first-order chi connectivity index (χ1) is 10.5. The van der Waals surface area contributed by atoms with E-state index >= 15 is 0 Å². The van der Waals surface area contributed by atoms with Gasteiger partial charge < -0.3 is 5.32 Å². The van der Waals surface area contributed by atoms with Crippen LogP contribution in [0.2, 0.25) is 0 Å². The van der Waals surface area contributed by atoms with Gasteiger partial charge in [-0.15, -0.1) is 0 Å². The molecular weight excluding hydrogens is 274 g/mol. The molecule has 1 N–H and O–H groups in total. The van der Waals surface area contributed by atoms with Gasteiger partial charge in [-0.2, -0.15) is 0 Å². The molecule has 4 nitrogen and oxygen atoms in total. The number of anilines is 1. The number of fused-ring (bicyclic) bond motifs is 1. The topological polar surface area (TPSA) is 54.9 Å². The number of amides is 1. The lowest BCUT2D eigenvalue weighted by Crippen LogP contribution is -2.14. The Morgan fingerprint density at radius 3 is 2.50 bits per heavy atom. The number of hydrogen-bond acceptors (Lipinski definition) is 3. The largest absolute Gasteiger partial charge is 0.322 e. The molecule has 3 rings (SSSR count). The molecule has 3 aromatic rings. The summed E-state index contributed by atoms with van der Waals surface area (Å²) in [7, 11) is 0. The van der Waals surface area contributed by atoms with Crippen molar-refractivity contribution in [1.29, 1.82) is 0 Å². The van der Waals surface area contributed by atoms with Crippen LogP contribution in [0.1, 0.15) is 27.2 Å². The Balaban J connectivity index is 1.96. The van der Waals surface area contributed by atoms with Gasteiger partial charge in [-0.25, -0.2) is 0 Å². The summed E-state index contributed by atoms with van der Waals surface area (Å²) >= 11 is 0. The van der Waals surface area contributed by atoms with Crippen LogP contribution in [0.5, 0.6) is 0 Å². The molecule has 4 heteroatoms. The zero-order chi connectivity index (χ0) is 15.7. The number of nitrogens with zero attached hydrogens (tertiary/aromatic N) is 2. The molecule has 2 heterocycles. The summed E-state index contributed by atoms with van der Waals surface area (Å²) in [6.07, 6.45) is 3.42. The normalized spacial score (nSPS) is 10.7. The molecule has 2 aromatic heterocycles. The number of rotatable bonds is 2. The minimum Gasteiger partial charge on any atom is -0.322 e. The van der Waals surface area contributed by atoms with Crippen LogP contribution in [0, 0.1) is 20.8 Å². The third-order valence-corrected chi connectivity index (χ3v) is 3.53. The Kier molecular flexibility index (Phi) is 3.59. The van der Waals surface area contributed by atoms with E-state index in [9.17, 15) is 4.79 Å². The van der Waals surface area contributed by atoms with Crippen molar-refractivity contribution < 1.29 is 4.79 Å². The number of aromatic nitrogens is 2. The maximum absolute atomic E-state index is 12.5. The van der Waals surface area contributed by atoms with Gasteiger partial charge in [-0.05, 0) is 56.2 Å². The number of carbonyl (C=O) groups is 1. The van der Waals surface area contributed by atoms with E-state index in [-0.39, 0.29) is 5.91 Å². The van der Waals surface area contributed by atoms with Crippen LogP contribution in [-0.4, -0.2) is 15.9 Å². The minimum absolute atomic E-state index is 0.152. The van der Waals surface area contributed by atoms with Gasteiger partial charge in [-0.3, -0.25) is 14.8 Å². The van der Waals surface area contributed by atoms with Crippen LogP contribution in [-0.2, 0) is 0 Å². The summed E-state index contributed by atoms with van der Waals surface area (Å²) in [5.74, 6) is -0.152. The standard InChI is InChI=1S/C18H17N3O/c1-11-6-12(2)8-15(7-11)21-18(22)16-9-14-10-19-5-4-17(14)20-13(16)3/h4-10H,1-3H3,(H,21,22). The number of pyridine rings is 2. The molecule has 0 radical (unpaired) electrons. The Morgan fingerprint density at radius 1 is 1.05 bits per heavy atom. The lowest BCUT2D eigenvalue weighted by atomic mass is 10.1. The van der Waals surface area contributed by atoms with Crippen molar-refractivity contribution in [1.82, 2.24) is 9.97 Å². The van der Waals surface area contributed by atoms with Gasteiger partial charge >= 0.3 is 0 Å². The first-order valence-electron chi connectivity index (χ1n) is 7.14. The molecule has 0 saturated carbocycles. The predicted octanol–water partition coefficient (Wildman–Crippen LogP) is 3.81. The van der Waals surface area contributed by atoms with Gasteiger partial charge in [0.15, 0.2) is 0 Å². The highest BCUT2D eigenvalue weighted by Crippen LogP contribution is 2.18. The van der Waals surface area contributed by atoms with Crippen molar-refractivity contribution >= 4 is 22.5 Å². The molecule has 0 aliphatic heterocycles. The van der Waals surface area contributed by atoms with Crippen LogP contribution in [0.4, 0.5) is 5.69 Å². The van der Waals surface area contributed by atoms with E-state index < -0.39 is 0 Å². The van der Waals surface area contributed by atoms with Crippen molar-refractivity contribution in [3.8, 4) is 0 Å². The van der Waals surface area contributed by atoms with E-state index in [4.69, 9.17) is 0 Å². The molecule has 22 heavy (non-hydrogen) atoms. The highest BCUT2D eigenvalue weighted by atomic mass is 16.1. The smallest absolute Gasteiger partial charge is 0.257 e. The quantitative estimate of drug-likeness (QED) is 0.781.